The van der Waals surface area contributed by atoms with Crippen molar-refractivity contribution in [3.8, 4) is 0 Å². The number of nitrogens with one attached hydrogen (secondary N) is 2. The zero-order valence-corrected chi connectivity index (χ0v) is 20.5. The van der Waals surface area contributed by atoms with E-state index < -0.39 is 40.5 Å². The van der Waals surface area contributed by atoms with Gasteiger partial charge in [-0.1, -0.05) is 17.7 Å². The van der Waals surface area contributed by atoms with Crippen molar-refractivity contribution in [1.82, 2.24) is 4.98 Å². The van der Waals surface area contributed by atoms with Gasteiger partial charge in [-0.05, 0) is 42.5 Å². The monoisotopic (exact) mass is 540 g/mol. The van der Waals surface area contributed by atoms with Gasteiger partial charge < -0.3 is 20.3 Å². The summed E-state index contributed by atoms with van der Waals surface area (Å²) in [5.74, 6) is -5.65. The second-order valence-corrected chi connectivity index (χ2v) is 8.96. The van der Waals surface area contributed by atoms with E-state index >= 15 is 4.39 Å². The molecule has 2 heterocycles. The Morgan fingerprint density at radius 2 is 1.74 bits per heavy atom. The molecule has 5 rings (SSSR count). The average Bonchev–Trinajstić information content (AvgIpc) is 2.91. The van der Waals surface area contributed by atoms with Gasteiger partial charge >= 0.3 is 6.03 Å². The number of amides is 2. The summed E-state index contributed by atoms with van der Waals surface area (Å²) in [4.78, 5) is 32.0. The van der Waals surface area contributed by atoms with E-state index in [-0.39, 0.29) is 11.3 Å². The number of fused-ring (bicyclic) bond motifs is 1. The number of halogens is 4. The normalized spacial score (nSPS) is 13.4. The first-order valence-corrected chi connectivity index (χ1v) is 12.0. The van der Waals surface area contributed by atoms with Crippen LogP contribution in [0.3, 0.4) is 0 Å². The van der Waals surface area contributed by atoms with Crippen molar-refractivity contribution in [1.29, 1.82) is 0 Å². The minimum atomic E-state index is -1.66. The fraction of sp³-hybridized carbons (Fsp3) is 0.148. The topological polar surface area (TPSA) is 83.6 Å². The number of pyridine rings is 1. The Kier molecular flexibility index (Phi) is 7.17. The molecule has 2 N–H and O–H groups in total. The summed E-state index contributed by atoms with van der Waals surface area (Å²) in [6.45, 7) is 2.49. The smallest absolute Gasteiger partial charge is 0.323 e. The van der Waals surface area contributed by atoms with Crippen LogP contribution in [0, 0.1) is 17.5 Å². The summed E-state index contributed by atoms with van der Waals surface area (Å²) in [6, 6.07) is 11.8. The van der Waals surface area contributed by atoms with E-state index in [1.165, 1.54) is 24.3 Å². The molecule has 0 bridgehead atoms. The summed E-state index contributed by atoms with van der Waals surface area (Å²) < 4.78 is 49.8. The third-order valence-electron chi connectivity index (χ3n) is 6.02. The summed E-state index contributed by atoms with van der Waals surface area (Å²) in [5.41, 5.74) is -0.236. The van der Waals surface area contributed by atoms with E-state index in [0.29, 0.717) is 48.3 Å². The van der Waals surface area contributed by atoms with Crippen molar-refractivity contribution in [2.75, 3.05) is 41.8 Å². The van der Waals surface area contributed by atoms with Crippen molar-refractivity contribution in [3.05, 3.63) is 94.4 Å². The number of benzene rings is 3. The molecule has 0 aliphatic carbocycles. The molecule has 7 nitrogen and oxygen atoms in total. The Hall–Kier alpha value is -4.15. The van der Waals surface area contributed by atoms with Crippen molar-refractivity contribution < 1.29 is 27.5 Å². The Bertz CT molecular complexity index is 1560. The third kappa shape index (κ3) is 5.27. The highest BCUT2D eigenvalue weighted by Crippen LogP contribution is 2.29. The van der Waals surface area contributed by atoms with Crippen molar-refractivity contribution in [2.45, 2.75) is 0 Å². The first kappa shape index (κ1) is 25.5. The van der Waals surface area contributed by atoms with Gasteiger partial charge in [0.15, 0.2) is 23.2 Å². The molecule has 0 spiro atoms. The maximum atomic E-state index is 15.3. The van der Waals surface area contributed by atoms with Crippen molar-refractivity contribution >= 4 is 51.4 Å². The summed E-state index contributed by atoms with van der Waals surface area (Å²) in [7, 11) is 0. The predicted molar refractivity (Wildman–Crippen MR) is 139 cm³/mol. The molecule has 0 unspecified atom stereocenters. The Labute approximate surface area is 220 Å². The highest BCUT2D eigenvalue weighted by molar-refractivity contribution is 6.30. The van der Waals surface area contributed by atoms with Gasteiger partial charge in [-0.2, -0.15) is 0 Å². The SMILES string of the molecule is O=C(Nc1cccc(Cl)c1)Nc1cc(F)c(F)c(C(=O)c2ccc3ncc(N4CCOCC4)cc3c2)c1F. The second kappa shape index (κ2) is 10.7. The zero-order valence-electron chi connectivity index (χ0n) is 19.7. The lowest BCUT2D eigenvalue weighted by Gasteiger charge is -2.28. The molecule has 1 aliphatic heterocycles. The van der Waals surface area contributed by atoms with Gasteiger partial charge in [-0.3, -0.25) is 9.78 Å². The second-order valence-electron chi connectivity index (χ2n) is 8.53. The standard InChI is InChI=1S/C27H20ClF3N4O3/c28-17-2-1-3-18(12-17)33-27(37)34-22-13-20(29)24(30)23(25(22)31)26(36)15-4-5-21-16(10-15)11-19(14-32-21)35-6-8-38-9-7-35/h1-5,10-14H,6-9H2,(H2,33,34,37). The number of nitrogens with zero attached hydrogens (tertiary/aromatic N) is 2. The molecule has 11 heteroatoms. The van der Waals surface area contributed by atoms with Gasteiger partial charge in [-0.15, -0.1) is 0 Å². The molecule has 0 saturated carbocycles. The Balaban J connectivity index is 1.44. The molecule has 1 fully saturated rings. The Morgan fingerprint density at radius 1 is 0.947 bits per heavy atom. The molecule has 194 valence electrons. The number of aromatic nitrogens is 1. The molecule has 4 aromatic rings. The van der Waals surface area contributed by atoms with E-state index in [1.54, 1.807) is 24.4 Å². The molecule has 38 heavy (non-hydrogen) atoms. The minimum Gasteiger partial charge on any atom is -0.378 e. The number of urea groups is 1. The number of hydrogen-bond acceptors (Lipinski definition) is 5. The van der Waals surface area contributed by atoms with Gasteiger partial charge in [0, 0.05) is 40.8 Å². The highest BCUT2D eigenvalue weighted by atomic mass is 35.5. The summed E-state index contributed by atoms with van der Waals surface area (Å²) in [6.07, 6.45) is 1.70. The van der Waals surface area contributed by atoms with Crippen LogP contribution in [0.2, 0.25) is 5.02 Å². The van der Waals surface area contributed by atoms with Gasteiger partial charge in [0.05, 0.1) is 41.9 Å². The number of carbonyl (C=O) groups is 2. The lowest BCUT2D eigenvalue weighted by atomic mass is 9.99. The number of rotatable bonds is 5. The maximum Gasteiger partial charge on any atom is 0.323 e. The number of carbonyl (C=O) groups excluding carboxylic acids is 2. The minimum absolute atomic E-state index is 0.0730. The third-order valence-corrected chi connectivity index (χ3v) is 6.25. The molecule has 1 aliphatic rings. The quantitative estimate of drug-likeness (QED) is 0.239. The number of hydrogen-bond donors (Lipinski definition) is 2. The van der Waals surface area contributed by atoms with Gasteiger partial charge in [0.25, 0.3) is 0 Å². The number of ketones is 1. The van der Waals surface area contributed by atoms with Crippen LogP contribution in [-0.4, -0.2) is 43.1 Å². The van der Waals surface area contributed by atoms with E-state index in [9.17, 15) is 18.4 Å². The number of anilines is 3. The molecule has 1 aromatic heterocycles. The van der Waals surface area contributed by atoms with Crippen LogP contribution < -0.4 is 15.5 Å². The molecule has 0 radical (unpaired) electrons. The van der Waals surface area contributed by atoms with Crippen LogP contribution >= 0.6 is 11.6 Å². The molecular formula is C27H20ClF3N4O3. The van der Waals surface area contributed by atoms with Crippen molar-refractivity contribution in [2.24, 2.45) is 0 Å². The van der Waals surface area contributed by atoms with Crippen LogP contribution in [-0.2, 0) is 4.74 Å². The molecular weight excluding hydrogens is 521 g/mol. The lowest BCUT2D eigenvalue weighted by molar-refractivity contribution is 0.103. The van der Waals surface area contributed by atoms with Gasteiger partial charge in [0.1, 0.15) is 0 Å². The summed E-state index contributed by atoms with van der Waals surface area (Å²) in [5, 5.41) is 5.43. The van der Waals surface area contributed by atoms with E-state index in [0.717, 1.165) is 5.69 Å². The molecule has 0 atom stereocenters. The van der Waals surface area contributed by atoms with Gasteiger partial charge in [-0.25, -0.2) is 18.0 Å². The number of ether oxygens (including phenoxy) is 1. The van der Waals surface area contributed by atoms with E-state index in [2.05, 4.69) is 20.5 Å². The largest absolute Gasteiger partial charge is 0.378 e. The fourth-order valence-electron chi connectivity index (χ4n) is 4.15. The maximum absolute atomic E-state index is 15.3. The van der Waals surface area contributed by atoms with Crippen LogP contribution in [0.4, 0.5) is 35.0 Å². The average molecular weight is 541 g/mol. The van der Waals surface area contributed by atoms with Crippen molar-refractivity contribution in [3.63, 3.8) is 0 Å². The van der Waals surface area contributed by atoms with Crippen LogP contribution in [0.25, 0.3) is 10.9 Å². The first-order chi connectivity index (χ1) is 18.3. The molecule has 2 amide bonds. The molecule has 1 saturated heterocycles. The fourth-order valence-corrected chi connectivity index (χ4v) is 4.34. The van der Waals surface area contributed by atoms with Crippen LogP contribution in [0.5, 0.6) is 0 Å². The van der Waals surface area contributed by atoms with E-state index in [1.807, 2.05) is 6.07 Å². The number of morpholine rings is 1. The highest BCUT2D eigenvalue weighted by Gasteiger charge is 2.26. The first-order valence-electron chi connectivity index (χ1n) is 11.6. The van der Waals surface area contributed by atoms with Crippen LogP contribution in [0.1, 0.15) is 15.9 Å². The summed E-state index contributed by atoms with van der Waals surface area (Å²) >= 11 is 5.88. The van der Waals surface area contributed by atoms with Gasteiger partial charge in [0.2, 0.25) is 0 Å². The predicted octanol–water partition coefficient (Wildman–Crippen LogP) is 6.02. The lowest BCUT2D eigenvalue weighted by Crippen LogP contribution is -2.36. The molecule has 3 aromatic carbocycles. The van der Waals surface area contributed by atoms with Crippen LogP contribution in [0.15, 0.2) is 60.8 Å². The Morgan fingerprint density at radius 3 is 2.50 bits per heavy atom. The zero-order chi connectivity index (χ0) is 26.8. The van der Waals surface area contributed by atoms with E-state index in [4.69, 9.17) is 16.3 Å².